The summed E-state index contributed by atoms with van der Waals surface area (Å²) in [6.07, 6.45) is 8.05. The van der Waals surface area contributed by atoms with Crippen LogP contribution in [0.25, 0.3) is 0 Å². The Morgan fingerprint density at radius 3 is 2.81 bits per heavy atom. The number of methoxy groups -OCH3 is 1. The smallest absolute Gasteiger partial charge is 0.238 e. The number of carbonyl (C=O) groups excluding carboxylic acids is 2. The summed E-state index contributed by atoms with van der Waals surface area (Å²) in [4.78, 5) is 26.3. The van der Waals surface area contributed by atoms with Gasteiger partial charge in [0.2, 0.25) is 11.8 Å². The Bertz CT molecular complexity index is 672. The van der Waals surface area contributed by atoms with Gasteiger partial charge in [0.1, 0.15) is 5.75 Å². The van der Waals surface area contributed by atoms with E-state index >= 15 is 0 Å². The fraction of sp³-hybridized carbons (Fsp3) is 0.524. The van der Waals surface area contributed by atoms with Crippen LogP contribution in [0.4, 0.5) is 5.69 Å². The molecule has 0 fully saturated rings. The van der Waals surface area contributed by atoms with Gasteiger partial charge < -0.3 is 15.4 Å². The molecule has 0 radical (unpaired) electrons. The molecule has 27 heavy (non-hydrogen) atoms. The van der Waals surface area contributed by atoms with Gasteiger partial charge in [-0.25, -0.2) is 0 Å². The molecule has 148 valence electrons. The lowest BCUT2D eigenvalue weighted by Crippen LogP contribution is -2.46. The number of hydrogen-bond acceptors (Lipinski definition) is 4. The number of hydrogen-bond donors (Lipinski definition) is 2. The number of benzene rings is 1. The molecular weight excluding hydrogens is 342 g/mol. The van der Waals surface area contributed by atoms with E-state index in [0.717, 1.165) is 19.3 Å². The van der Waals surface area contributed by atoms with Crippen LogP contribution in [0.5, 0.6) is 5.75 Å². The Morgan fingerprint density at radius 2 is 2.11 bits per heavy atom. The van der Waals surface area contributed by atoms with Crippen LogP contribution in [0.15, 0.2) is 35.9 Å². The zero-order chi connectivity index (χ0) is 19.6. The molecule has 2 rings (SSSR count). The SMILES string of the molecule is COc1cccc(NC(=O)CN(C)[C@H](C)C(=O)NCCC2=CCCCC2)c1. The fourth-order valence-electron chi connectivity index (χ4n) is 3.09. The van der Waals surface area contributed by atoms with Gasteiger partial charge in [0.25, 0.3) is 0 Å². The van der Waals surface area contributed by atoms with E-state index < -0.39 is 0 Å². The fourth-order valence-corrected chi connectivity index (χ4v) is 3.09. The normalized spacial score (nSPS) is 15.0. The molecule has 1 atom stereocenters. The minimum atomic E-state index is -0.374. The molecule has 0 aromatic heterocycles. The summed E-state index contributed by atoms with van der Waals surface area (Å²) in [5, 5.41) is 5.81. The quantitative estimate of drug-likeness (QED) is 0.653. The highest BCUT2D eigenvalue weighted by Gasteiger charge is 2.20. The Hall–Kier alpha value is -2.34. The summed E-state index contributed by atoms with van der Waals surface area (Å²) in [6, 6.07) is 6.82. The molecule has 0 saturated carbocycles. The zero-order valence-electron chi connectivity index (χ0n) is 16.6. The molecule has 1 aromatic rings. The molecule has 2 N–H and O–H groups in total. The lowest BCUT2D eigenvalue weighted by Gasteiger charge is -2.23. The molecule has 6 nitrogen and oxygen atoms in total. The van der Waals surface area contributed by atoms with Gasteiger partial charge in [-0.15, -0.1) is 0 Å². The average molecular weight is 373 g/mol. The second-order valence-corrected chi connectivity index (χ2v) is 7.02. The maximum atomic E-state index is 12.3. The van der Waals surface area contributed by atoms with Crippen LogP contribution in [-0.4, -0.2) is 50.0 Å². The second kappa shape index (κ2) is 10.7. The molecular formula is C21H31N3O3. The van der Waals surface area contributed by atoms with E-state index in [9.17, 15) is 9.59 Å². The van der Waals surface area contributed by atoms with Gasteiger partial charge in [-0.05, 0) is 58.2 Å². The summed E-state index contributed by atoms with van der Waals surface area (Å²) in [5.41, 5.74) is 2.12. The van der Waals surface area contributed by atoms with E-state index in [2.05, 4.69) is 16.7 Å². The standard InChI is InChI=1S/C21H31N3O3/c1-16(21(26)22-13-12-17-8-5-4-6-9-17)24(2)15-20(25)23-18-10-7-11-19(14-18)27-3/h7-8,10-11,14,16H,4-6,9,12-13,15H2,1-3H3,(H,22,26)(H,23,25)/t16-/m1/s1. The molecule has 0 heterocycles. The Balaban J connectivity index is 1.74. The van der Waals surface area contributed by atoms with Gasteiger partial charge in [-0.2, -0.15) is 0 Å². The van der Waals surface area contributed by atoms with Gasteiger partial charge in [0.15, 0.2) is 0 Å². The molecule has 0 spiro atoms. The van der Waals surface area contributed by atoms with Crippen LogP contribution in [0, 0.1) is 0 Å². The van der Waals surface area contributed by atoms with Gasteiger partial charge in [-0.3, -0.25) is 14.5 Å². The van der Waals surface area contributed by atoms with Crippen molar-refractivity contribution in [1.29, 1.82) is 0 Å². The molecule has 0 bridgehead atoms. The topological polar surface area (TPSA) is 70.7 Å². The molecule has 0 saturated heterocycles. The first kappa shape index (κ1) is 21.0. The third-order valence-electron chi connectivity index (χ3n) is 4.92. The Labute approximate surface area is 162 Å². The maximum absolute atomic E-state index is 12.3. The van der Waals surface area contributed by atoms with Crippen molar-refractivity contribution in [2.24, 2.45) is 0 Å². The van der Waals surface area contributed by atoms with Gasteiger partial charge >= 0.3 is 0 Å². The van der Waals surface area contributed by atoms with Crippen molar-refractivity contribution in [3.8, 4) is 5.75 Å². The number of nitrogens with zero attached hydrogens (tertiary/aromatic N) is 1. The first-order chi connectivity index (χ1) is 13.0. The number of rotatable bonds is 9. The molecule has 2 amide bonds. The number of amides is 2. The van der Waals surface area contributed by atoms with Crippen LogP contribution >= 0.6 is 0 Å². The third-order valence-corrected chi connectivity index (χ3v) is 4.92. The summed E-state index contributed by atoms with van der Waals surface area (Å²) in [6.45, 7) is 2.60. The molecule has 0 unspecified atom stereocenters. The molecule has 6 heteroatoms. The number of likely N-dealkylation sites (N-methyl/N-ethyl adjacent to an activating group) is 1. The van der Waals surface area contributed by atoms with E-state index in [1.54, 1.807) is 31.2 Å². The number of nitrogens with one attached hydrogen (secondary N) is 2. The first-order valence-electron chi connectivity index (χ1n) is 9.59. The summed E-state index contributed by atoms with van der Waals surface area (Å²) in [5.74, 6) is 0.461. The van der Waals surface area contributed by atoms with Crippen LogP contribution < -0.4 is 15.4 Å². The predicted octanol–water partition coefficient (Wildman–Crippen LogP) is 2.96. The van der Waals surface area contributed by atoms with E-state index in [1.165, 1.54) is 18.4 Å². The number of allylic oxidation sites excluding steroid dienone is 1. The van der Waals surface area contributed by atoms with E-state index in [0.29, 0.717) is 18.0 Å². The highest BCUT2D eigenvalue weighted by molar-refractivity contribution is 5.93. The lowest BCUT2D eigenvalue weighted by atomic mass is 9.97. The van der Waals surface area contributed by atoms with Crippen molar-refractivity contribution in [3.63, 3.8) is 0 Å². The van der Waals surface area contributed by atoms with Crippen LogP contribution in [0.1, 0.15) is 39.0 Å². The van der Waals surface area contributed by atoms with Gasteiger partial charge in [-0.1, -0.05) is 17.7 Å². The number of ether oxygens (including phenoxy) is 1. The van der Waals surface area contributed by atoms with Gasteiger partial charge in [0.05, 0.1) is 19.7 Å². The van der Waals surface area contributed by atoms with Crippen molar-refractivity contribution in [3.05, 3.63) is 35.9 Å². The summed E-state index contributed by atoms with van der Waals surface area (Å²) < 4.78 is 5.15. The highest BCUT2D eigenvalue weighted by atomic mass is 16.5. The van der Waals surface area contributed by atoms with Crippen LogP contribution in [0.3, 0.4) is 0 Å². The lowest BCUT2D eigenvalue weighted by molar-refractivity contribution is -0.126. The molecule has 1 aromatic carbocycles. The average Bonchev–Trinajstić information content (AvgIpc) is 2.68. The number of carbonyl (C=O) groups is 2. The predicted molar refractivity (Wildman–Crippen MR) is 108 cm³/mol. The van der Waals surface area contributed by atoms with Crippen molar-refractivity contribution in [2.75, 3.05) is 32.6 Å². The summed E-state index contributed by atoms with van der Waals surface area (Å²) in [7, 11) is 3.36. The molecule has 0 aliphatic heterocycles. The Kier molecular flexibility index (Phi) is 8.33. The van der Waals surface area contributed by atoms with Crippen molar-refractivity contribution in [2.45, 2.75) is 45.1 Å². The van der Waals surface area contributed by atoms with E-state index in [4.69, 9.17) is 4.74 Å². The van der Waals surface area contributed by atoms with Crippen molar-refractivity contribution in [1.82, 2.24) is 10.2 Å². The minimum absolute atomic E-state index is 0.0527. The van der Waals surface area contributed by atoms with E-state index in [-0.39, 0.29) is 24.4 Å². The largest absolute Gasteiger partial charge is 0.497 e. The summed E-state index contributed by atoms with van der Waals surface area (Å²) >= 11 is 0. The van der Waals surface area contributed by atoms with Crippen LogP contribution in [0.2, 0.25) is 0 Å². The van der Waals surface area contributed by atoms with Gasteiger partial charge in [0, 0.05) is 18.3 Å². The molecule has 1 aliphatic rings. The van der Waals surface area contributed by atoms with Crippen molar-refractivity contribution >= 4 is 17.5 Å². The number of anilines is 1. The third kappa shape index (κ3) is 7.06. The zero-order valence-corrected chi connectivity index (χ0v) is 16.6. The maximum Gasteiger partial charge on any atom is 0.238 e. The monoisotopic (exact) mass is 373 g/mol. The van der Waals surface area contributed by atoms with E-state index in [1.807, 2.05) is 19.1 Å². The second-order valence-electron chi connectivity index (χ2n) is 7.02. The Morgan fingerprint density at radius 1 is 1.30 bits per heavy atom. The first-order valence-corrected chi connectivity index (χ1v) is 9.59. The van der Waals surface area contributed by atoms with Crippen LogP contribution in [-0.2, 0) is 9.59 Å². The minimum Gasteiger partial charge on any atom is -0.497 e. The highest BCUT2D eigenvalue weighted by Crippen LogP contribution is 2.19. The molecule has 1 aliphatic carbocycles. The van der Waals surface area contributed by atoms with Crippen molar-refractivity contribution < 1.29 is 14.3 Å².